The van der Waals surface area contributed by atoms with Crippen LogP contribution in [0.5, 0.6) is 11.6 Å². The van der Waals surface area contributed by atoms with Gasteiger partial charge in [0.25, 0.3) is 0 Å². The maximum absolute atomic E-state index is 13.5. The van der Waals surface area contributed by atoms with E-state index in [-0.39, 0.29) is 5.75 Å². The molecule has 1 heterocycles. The number of pyridine rings is 1. The van der Waals surface area contributed by atoms with Crippen LogP contribution in [0, 0.1) is 5.82 Å². The number of nitrogens with one attached hydrogen (secondary N) is 1. The van der Waals surface area contributed by atoms with E-state index in [2.05, 4.69) is 26.2 Å². The fourth-order valence-corrected chi connectivity index (χ4v) is 1.76. The van der Waals surface area contributed by atoms with Crippen molar-refractivity contribution in [3.05, 3.63) is 46.7 Å². The number of aromatic nitrogens is 1. The van der Waals surface area contributed by atoms with Gasteiger partial charge in [0.2, 0.25) is 5.88 Å². The molecule has 0 radical (unpaired) electrons. The van der Waals surface area contributed by atoms with Crippen molar-refractivity contribution < 1.29 is 9.13 Å². The first-order chi connectivity index (χ1) is 8.69. The van der Waals surface area contributed by atoms with Gasteiger partial charge in [-0.05, 0) is 31.2 Å². The van der Waals surface area contributed by atoms with Gasteiger partial charge in [-0.15, -0.1) is 0 Å². The minimum Gasteiger partial charge on any atom is -0.436 e. The van der Waals surface area contributed by atoms with E-state index in [4.69, 9.17) is 4.74 Å². The van der Waals surface area contributed by atoms with E-state index in [1.807, 2.05) is 13.0 Å². The summed E-state index contributed by atoms with van der Waals surface area (Å²) in [5, 5.41) is 3.07. The molecule has 0 aliphatic carbocycles. The summed E-state index contributed by atoms with van der Waals surface area (Å²) in [5.41, 5.74) is 0. The maximum atomic E-state index is 13.5. The van der Waals surface area contributed by atoms with Crippen LogP contribution in [0.3, 0.4) is 0 Å². The van der Waals surface area contributed by atoms with Crippen molar-refractivity contribution in [2.24, 2.45) is 0 Å². The highest BCUT2D eigenvalue weighted by atomic mass is 79.9. The zero-order chi connectivity index (χ0) is 13.0. The molecule has 0 bridgehead atoms. The molecule has 0 amide bonds. The predicted molar refractivity (Wildman–Crippen MR) is 72.6 cm³/mol. The van der Waals surface area contributed by atoms with Gasteiger partial charge in [-0.25, -0.2) is 4.39 Å². The lowest BCUT2D eigenvalue weighted by molar-refractivity contribution is 0.427. The van der Waals surface area contributed by atoms with Crippen molar-refractivity contribution in [3.63, 3.8) is 0 Å². The number of hydrogen-bond acceptors (Lipinski definition) is 3. The van der Waals surface area contributed by atoms with Gasteiger partial charge in [0.15, 0.2) is 11.6 Å². The molecule has 0 spiro atoms. The van der Waals surface area contributed by atoms with E-state index in [1.54, 1.807) is 24.3 Å². The number of benzene rings is 1. The smallest absolute Gasteiger partial charge is 0.221 e. The summed E-state index contributed by atoms with van der Waals surface area (Å²) < 4.78 is 19.7. The molecule has 1 aromatic carbocycles. The molecule has 18 heavy (non-hydrogen) atoms. The van der Waals surface area contributed by atoms with Crippen molar-refractivity contribution in [3.8, 4) is 11.6 Å². The van der Waals surface area contributed by atoms with E-state index in [0.29, 0.717) is 11.7 Å². The highest BCUT2D eigenvalue weighted by Gasteiger charge is 2.06. The Morgan fingerprint density at radius 3 is 2.94 bits per heavy atom. The van der Waals surface area contributed by atoms with Crippen LogP contribution in [0.15, 0.2) is 40.9 Å². The Morgan fingerprint density at radius 1 is 1.33 bits per heavy atom. The van der Waals surface area contributed by atoms with E-state index in [1.165, 1.54) is 6.07 Å². The topological polar surface area (TPSA) is 34.1 Å². The Hall–Kier alpha value is -1.62. The lowest BCUT2D eigenvalue weighted by Gasteiger charge is -2.08. The molecular weight excluding hydrogens is 299 g/mol. The Balaban J connectivity index is 2.22. The van der Waals surface area contributed by atoms with Crippen LogP contribution in [0.1, 0.15) is 6.92 Å². The molecule has 0 aliphatic heterocycles. The van der Waals surface area contributed by atoms with Gasteiger partial charge in [-0.1, -0.05) is 22.0 Å². The van der Waals surface area contributed by atoms with Gasteiger partial charge in [0, 0.05) is 17.1 Å². The third kappa shape index (κ3) is 3.20. The molecule has 0 fully saturated rings. The van der Waals surface area contributed by atoms with E-state index >= 15 is 0 Å². The molecule has 0 aliphatic rings. The molecule has 0 saturated heterocycles. The maximum Gasteiger partial charge on any atom is 0.221 e. The highest BCUT2D eigenvalue weighted by Crippen LogP contribution is 2.26. The summed E-state index contributed by atoms with van der Waals surface area (Å²) in [5.74, 6) is 0.773. The van der Waals surface area contributed by atoms with Crippen LogP contribution in [-0.4, -0.2) is 11.5 Å². The molecule has 0 saturated carbocycles. The fourth-order valence-electron chi connectivity index (χ4n) is 1.42. The second kappa shape index (κ2) is 5.82. The van der Waals surface area contributed by atoms with E-state index in [9.17, 15) is 4.39 Å². The summed E-state index contributed by atoms with van der Waals surface area (Å²) in [6.45, 7) is 2.74. The van der Waals surface area contributed by atoms with E-state index < -0.39 is 5.82 Å². The van der Waals surface area contributed by atoms with Gasteiger partial charge < -0.3 is 10.1 Å². The van der Waals surface area contributed by atoms with Gasteiger partial charge in [-0.2, -0.15) is 4.98 Å². The zero-order valence-corrected chi connectivity index (χ0v) is 11.4. The van der Waals surface area contributed by atoms with Crippen LogP contribution in [-0.2, 0) is 0 Å². The van der Waals surface area contributed by atoms with Crippen LogP contribution in [0.2, 0.25) is 0 Å². The standard InChI is InChI=1S/C13H12BrFN2O/c1-2-16-12-4-3-5-13(17-12)18-11-8-9(14)6-7-10(11)15/h3-8H,2H2,1H3,(H,16,17). The second-order valence-corrected chi connectivity index (χ2v) is 4.48. The normalized spacial score (nSPS) is 10.2. The van der Waals surface area contributed by atoms with Crippen LogP contribution < -0.4 is 10.1 Å². The average molecular weight is 311 g/mol. The summed E-state index contributed by atoms with van der Waals surface area (Å²) >= 11 is 3.27. The summed E-state index contributed by atoms with van der Waals surface area (Å²) in [4.78, 5) is 4.21. The van der Waals surface area contributed by atoms with Gasteiger partial charge in [0.05, 0.1) is 0 Å². The lowest BCUT2D eigenvalue weighted by atomic mass is 10.3. The van der Waals surface area contributed by atoms with Crippen molar-refractivity contribution in [2.75, 3.05) is 11.9 Å². The third-order valence-electron chi connectivity index (χ3n) is 2.19. The first kappa shape index (κ1) is 12.8. The number of nitrogens with zero attached hydrogens (tertiary/aromatic N) is 1. The van der Waals surface area contributed by atoms with Crippen molar-refractivity contribution >= 4 is 21.7 Å². The molecule has 1 aromatic heterocycles. The summed E-state index contributed by atoms with van der Waals surface area (Å²) in [6, 6.07) is 9.83. The molecule has 3 nitrogen and oxygen atoms in total. The second-order valence-electron chi connectivity index (χ2n) is 3.57. The molecule has 2 rings (SSSR count). The van der Waals surface area contributed by atoms with Crippen molar-refractivity contribution in [1.82, 2.24) is 4.98 Å². The number of rotatable bonds is 4. The molecule has 0 atom stereocenters. The first-order valence-electron chi connectivity index (χ1n) is 5.53. The molecule has 1 N–H and O–H groups in total. The molecular formula is C13H12BrFN2O. The van der Waals surface area contributed by atoms with Crippen LogP contribution in [0.25, 0.3) is 0 Å². The van der Waals surface area contributed by atoms with Gasteiger partial charge >= 0.3 is 0 Å². The van der Waals surface area contributed by atoms with Crippen molar-refractivity contribution in [1.29, 1.82) is 0 Å². The van der Waals surface area contributed by atoms with Gasteiger partial charge in [-0.3, -0.25) is 0 Å². The van der Waals surface area contributed by atoms with Crippen LogP contribution >= 0.6 is 15.9 Å². The minimum absolute atomic E-state index is 0.144. The molecule has 5 heteroatoms. The third-order valence-corrected chi connectivity index (χ3v) is 2.68. The first-order valence-corrected chi connectivity index (χ1v) is 6.32. The summed E-state index contributed by atoms with van der Waals surface area (Å²) in [7, 11) is 0. The lowest BCUT2D eigenvalue weighted by Crippen LogP contribution is -2.00. The Labute approximate surface area is 113 Å². The Bertz CT molecular complexity index is 548. The summed E-state index contributed by atoms with van der Waals surface area (Å²) in [6.07, 6.45) is 0. The molecule has 0 unspecified atom stereocenters. The van der Waals surface area contributed by atoms with Gasteiger partial charge in [0.1, 0.15) is 5.82 Å². The zero-order valence-electron chi connectivity index (χ0n) is 9.78. The Morgan fingerprint density at radius 2 is 2.17 bits per heavy atom. The minimum atomic E-state index is -0.422. The predicted octanol–water partition coefficient (Wildman–Crippen LogP) is 4.21. The van der Waals surface area contributed by atoms with Crippen LogP contribution in [0.4, 0.5) is 10.2 Å². The highest BCUT2D eigenvalue weighted by molar-refractivity contribution is 9.10. The quantitative estimate of drug-likeness (QED) is 0.918. The van der Waals surface area contributed by atoms with Crippen molar-refractivity contribution in [2.45, 2.75) is 6.92 Å². The Kier molecular flexibility index (Phi) is 4.15. The number of ether oxygens (including phenoxy) is 1. The molecule has 94 valence electrons. The largest absolute Gasteiger partial charge is 0.436 e. The SMILES string of the molecule is CCNc1cccc(Oc2cc(Br)ccc2F)n1. The number of halogens is 2. The number of hydrogen-bond donors (Lipinski definition) is 1. The monoisotopic (exact) mass is 310 g/mol. The average Bonchev–Trinajstić information content (AvgIpc) is 2.35. The molecule has 2 aromatic rings. The number of anilines is 1. The van der Waals surface area contributed by atoms with E-state index in [0.717, 1.165) is 11.0 Å². The fraction of sp³-hybridized carbons (Fsp3) is 0.154.